The van der Waals surface area contributed by atoms with E-state index in [1.165, 1.54) is 23.4 Å². The smallest absolute Gasteiger partial charge is 0.264 e. The summed E-state index contributed by atoms with van der Waals surface area (Å²) < 4.78 is 28.1. The Labute approximate surface area is 160 Å². The highest BCUT2D eigenvalue weighted by Gasteiger charge is 2.25. The fourth-order valence-electron chi connectivity index (χ4n) is 2.84. The molecule has 0 bridgehead atoms. The van der Waals surface area contributed by atoms with E-state index in [-0.39, 0.29) is 17.2 Å². The van der Waals surface area contributed by atoms with E-state index in [0.717, 1.165) is 11.1 Å². The van der Waals surface area contributed by atoms with Crippen LogP contribution in [-0.4, -0.2) is 14.2 Å². The first-order valence-electron chi connectivity index (χ1n) is 8.62. The first kappa shape index (κ1) is 18.9. The van der Waals surface area contributed by atoms with Crippen LogP contribution in [0.1, 0.15) is 28.4 Å². The summed E-state index contributed by atoms with van der Waals surface area (Å²) in [5, 5.41) is 0. The van der Waals surface area contributed by atoms with Gasteiger partial charge >= 0.3 is 0 Å². The van der Waals surface area contributed by atoms with Gasteiger partial charge in [-0.05, 0) is 49.2 Å². The molecule has 27 heavy (non-hydrogen) atoms. The Bertz CT molecular complexity index is 1040. The number of hydrogen-bond acceptors (Lipinski definition) is 3. The number of carbonyl (C=O) groups is 1. The SMILES string of the molecule is CC(=O)c1ccc(S(=O)(=O)N(Cc2ccccc2)c2cccc(C)c2)cc1. The van der Waals surface area contributed by atoms with Crippen LogP contribution in [-0.2, 0) is 16.6 Å². The van der Waals surface area contributed by atoms with Gasteiger partial charge in [-0.25, -0.2) is 8.42 Å². The summed E-state index contributed by atoms with van der Waals surface area (Å²) in [5.41, 5.74) is 2.96. The lowest BCUT2D eigenvalue weighted by Gasteiger charge is -2.25. The predicted molar refractivity (Wildman–Crippen MR) is 107 cm³/mol. The third-order valence-corrected chi connectivity index (χ3v) is 6.10. The Morgan fingerprint density at radius 1 is 0.889 bits per heavy atom. The lowest BCUT2D eigenvalue weighted by molar-refractivity contribution is 0.101. The molecule has 0 N–H and O–H groups in total. The van der Waals surface area contributed by atoms with Crippen LogP contribution in [0.4, 0.5) is 5.69 Å². The van der Waals surface area contributed by atoms with Gasteiger partial charge in [0.25, 0.3) is 10.0 Å². The molecule has 0 fully saturated rings. The Morgan fingerprint density at radius 3 is 2.15 bits per heavy atom. The second kappa shape index (κ2) is 7.76. The van der Waals surface area contributed by atoms with Crippen LogP contribution >= 0.6 is 0 Å². The van der Waals surface area contributed by atoms with E-state index in [1.807, 2.05) is 55.5 Å². The van der Waals surface area contributed by atoms with Crippen molar-refractivity contribution in [1.29, 1.82) is 0 Å². The van der Waals surface area contributed by atoms with Crippen LogP contribution in [0.25, 0.3) is 0 Å². The molecule has 0 atom stereocenters. The van der Waals surface area contributed by atoms with Crippen molar-refractivity contribution in [2.75, 3.05) is 4.31 Å². The van der Waals surface area contributed by atoms with Gasteiger partial charge in [0.2, 0.25) is 0 Å². The van der Waals surface area contributed by atoms with Crippen molar-refractivity contribution < 1.29 is 13.2 Å². The number of aryl methyl sites for hydroxylation is 1. The molecule has 0 aliphatic rings. The zero-order valence-electron chi connectivity index (χ0n) is 15.3. The summed E-state index contributed by atoms with van der Waals surface area (Å²) in [4.78, 5) is 11.6. The normalized spacial score (nSPS) is 11.2. The number of anilines is 1. The van der Waals surface area contributed by atoms with Crippen LogP contribution < -0.4 is 4.31 Å². The third kappa shape index (κ3) is 4.26. The van der Waals surface area contributed by atoms with E-state index in [1.54, 1.807) is 18.2 Å². The summed E-state index contributed by atoms with van der Waals surface area (Å²) in [5.74, 6) is -0.0984. The molecule has 138 valence electrons. The number of rotatable bonds is 6. The minimum atomic E-state index is -3.79. The molecule has 4 nitrogen and oxygen atoms in total. The van der Waals surface area contributed by atoms with Gasteiger partial charge in [-0.15, -0.1) is 0 Å². The average molecular weight is 379 g/mol. The zero-order chi connectivity index (χ0) is 19.4. The summed E-state index contributed by atoms with van der Waals surface area (Å²) in [6, 6.07) is 23.0. The van der Waals surface area contributed by atoms with E-state index in [4.69, 9.17) is 0 Å². The van der Waals surface area contributed by atoms with Gasteiger partial charge in [0.1, 0.15) is 0 Å². The van der Waals surface area contributed by atoms with Crippen molar-refractivity contribution in [3.05, 3.63) is 95.6 Å². The van der Waals surface area contributed by atoms with Crippen LogP contribution in [0, 0.1) is 6.92 Å². The monoisotopic (exact) mass is 379 g/mol. The molecule has 3 rings (SSSR count). The van der Waals surface area contributed by atoms with Crippen molar-refractivity contribution in [2.45, 2.75) is 25.3 Å². The number of carbonyl (C=O) groups excluding carboxylic acids is 1. The van der Waals surface area contributed by atoms with Gasteiger partial charge in [0, 0.05) is 5.56 Å². The van der Waals surface area contributed by atoms with Crippen molar-refractivity contribution in [2.24, 2.45) is 0 Å². The van der Waals surface area contributed by atoms with Gasteiger partial charge < -0.3 is 0 Å². The number of nitrogens with zero attached hydrogens (tertiary/aromatic N) is 1. The van der Waals surface area contributed by atoms with Gasteiger partial charge in [0.05, 0.1) is 17.1 Å². The predicted octanol–water partition coefficient (Wildman–Crippen LogP) is 4.59. The second-order valence-electron chi connectivity index (χ2n) is 6.42. The molecule has 3 aromatic carbocycles. The van der Waals surface area contributed by atoms with Crippen LogP contribution in [0.2, 0.25) is 0 Å². The Hall–Kier alpha value is -2.92. The molecule has 0 saturated carbocycles. The van der Waals surface area contributed by atoms with Gasteiger partial charge in [-0.3, -0.25) is 9.10 Å². The van der Waals surface area contributed by atoms with Crippen LogP contribution in [0.15, 0.2) is 83.8 Å². The largest absolute Gasteiger partial charge is 0.295 e. The van der Waals surface area contributed by atoms with E-state index >= 15 is 0 Å². The van der Waals surface area contributed by atoms with E-state index < -0.39 is 10.0 Å². The molecule has 0 amide bonds. The highest BCUT2D eigenvalue weighted by atomic mass is 32.2. The molecule has 0 aromatic heterocycles. The second-order valence-corrected chi connectivity index (χ2v) is 8.28. The van der Waals surface area contributed by atoms with Crippen LogP contribution in [0.5, 0.6) is 0 Å². The quantitative estimate of drug-likeness (QED) is 0.589. The molecule has 0 heterocycles. The maximum absolute atomic E-state index is 13.4. The fourth-order valence-corrected chi connectivity index (χ4v) is 4.28. The van der Waals surface area contributed by atoms with E-state index in [9.17, 15) is 13.2 Å². The number of Topliss-reactive ketones (excluding diaryl/α,β-unsaturated/α-hetero) is 1. The summed E-state index contributed by atoms with van der Waals surface area (Å²) in [6.45, 7) is 3.61. The molecular weight excluding hydrogens is 358 g/mol. The molecule has 0 spiro atoms. The first-order valence-corrected chi connectivity index (χ1v) is 10.1. The third-order valence-electron chi connectivity index (χ3n) is 4.31. The highest BCUT2D eigenvalue weighted by Crippen LogP contribution is 2.27. The standard InChI is InChI=1S/C22H21NO3S/c1-17-7-6-10-21(15-17)23(16-19-8-4-3-5-9-19)27(25,26)22-13-11-20(12-14-22)18(2)24/h3-15H,16H2,1-2H3. The maximum Gasteiger partial charge on any atom is 0.264 e. The summed E-state index contributed by atoms with van der Waals surface area (Å²) in [6.07, 6.45) is 0. The van der Waals surface area contributed by atoms with Gasteiger partial charge in [0.15, 0.2) is 5.78 Å². The number of hydrogen-bond donors (Lipinski definition) is 0. The topological polar surface area (TPSA) is 54.5 Å². The molecule has 0 unspecified atom stereocenters. The minimum absolute atomic E-state index is 0.0984. The molecular formula is C22H21NO3S. The van der Waals surface area contributed by atoms with Gasteiger partial charge in [-0.2, -0.15) is 0 Å². The lowest BCUT2D eigenvalue weighted by atomic mass is 10.2. The Balaban J connectivity index is 2.06. The Morgan fingerprint density at radius 2 is 1.56 bits per heavy atom. The maximum atomic E-state index is 13.4. The average Bonchev–Trinajstić information content (AvgIpc) is 2.67. The molecule has 5 heteroatoms. The summed E-state index contributed by atoms with van der Waals surface area (Å²) >= 11 is 0. The first-order chi connectivity index (χ1) is 12.9. The van der Waals surface area contributed by atoms with Crippen LogP contribution in [0.3, 0.4) is 0 Å². The molecule has 0 aliphatic heterocycles. The van der Waals surface area contributed by atoms with Gasteiger partial charge in [-0.1, -0.05) is 54.6 Å². The minimum Gasteiger partial charge on any atom is -0.295 e. The van der Waals surface area contributed by atoms with Crippen molar-refractivity contribution >= 4 is 21.5 Å². The Kier molecular flexibility index (Phi) is 5.42. The number of ketones is 1. The lowest BCUT2D eigenvalue weighted by Crippen LogP contribution is -2.30. The van der Waals surface area contributed by atoms with E-state index in [2.05, 4.69) is 0 Å². The highest BCUT2D eigenvalue weighted by molar-refractivity contribution is 7.92. The molecule has 3 aromatic rings. The number of benzene rings is 3. The zero-order valence-corrected chi connectivity index (χ0v) is 16.1. The van der Waals surface area contributed by atoms with Crippen molar-refractivity contribution in [3.8, 4) is 0 Å². The van der Waals surface area contributed by atoms with Crippen molar-refractivity contribution in [3.63, 3.8) is 0 Å². The fraction of sp³-hybridized carbons (Fsp3) is 0.136. The number of sulfonamides is 1. The van der Waals surface area contributed by atoms with E-state index in [0.29, 0.717) is 11.3 Å². The molecule has 0 aliphatic carbocycles. The van der Waals surface area contributed by atoms with Crippen molar-refractivity contribution in [1.82, 2.24) is 0 Å². The summed E-state index contributed by atoms with van der Waals surface area (Å²) in [7, 11) is -3.79. The molecule has 0 radical (unpaired) electrons. The molecule has 0 saturated heterocycles.